The topological polar surface area (TPSA) is 55.1 Å². The molecule has 1 saturated carbocycles. The van der Waals surface area contributed by atoms with E-state index in [0.717, 1.165) is 33.6 Å². The van der Waals surface area contributed by atoms with Gasteiger partial charge in [0, 0.05) is 22.0 Å². The molecular formula is C20H18ClN5. The SMILES string of the molecule is Clc1cccc(-c2nnn3c2nc(NC2CCCC2)c2ccccc23)c1. The lowest BCUT2D eigenvalue weighted by molar-refractivity contribution is 0.751. The van der Waals surface area contributed by atoms with Crippen LogP contribution < -0.4 is 5.32 Å². The van der Waals surface area contributed by atoms with E-state index >= 15 is 0 Å². The van der Waals surface area contributed by atoms with Crippen molar-refractivity contribution in [3.8, 4) is 11.3 Å². The molecule has 4 aromatic rings. The van der Waals surface area contributed by atoms with Crippen molar-refractivity contribution >= 4 is 34.0 Å². The smallest absolute Gasteiger partial charge is 0.186 e. The zero-order chi connectivity index (χ0) is 17.5. The Hall–Kier alpha value is -2.66. The lowest BCUT2D eigenvalue weighted by Crippen LogP contribution is -2.16. The molecular weight excluding hydrogens is 346 g/mol. The summed E-state index contributed by atoms with van der Waals surface area (Å²) in [4.78, 5) is 4.92. The Morgan fingerprint density at radius 2 is 1.88 bits per heavy atom. The average Bonchev–Trinajstić information content (AvgIpc) is 3.32. The number of para-hydroxylation sites is 1. The fraction of sp³-hybridized carbons (Fsp3) is 0.250. The quantitative estimate of drug-likeness (QED) is 0.559. The Morgan fingerprint density at radius 3 is 2.73 bits per heavy atom. The molecule has 2 heterocycles. The van der Waals surface area contributed by atoms with Crippen molar-refractivity contribution in [2.45, 2.75) is 31.7 Å². The van der Waals surface area contributed by atoms with Crippen LogP contribution in [0.2, 0.25) is 5.02 Å². The Balaban J connectivity index is 1.73. The number of rotatable bonds is 3. The number of fused-ring (bicyclic) bond motifs is 3. The summed E-state index contributed by atoms with van der Waals surface area (Å²) in [6.45, 7) is 0. The first-order valence-corrected chi connectivity index (χ1v) is 9.34. The van der Waals surface area contributed by atoms with Crippen LogP contribution in [0.15, 0.2) is 48.5 Å². The maximum atomic E-state index is 6.16. The minimum atomic E-state index is 0.485. The van der Waals surface area contributed by atoms with Gasteiger partial charge in [0.05, 0.1) is 5.52 Å². The van der Waals surface area contributed by atoms with Gasteiger partial charge in [-0.05, 0) is 37.1 Å². The number of benzene rings is 2. The monoisotopic (exact) mass is 363 g/mol. The first-order chi connectivity index (χ1) is 12.8. The van der Waals surface area contributed by atoms with Crippen molar-refractivity contribution in [3.05, 3.63) is 53.6 Å². The molecule has 1 aliphatic carbocycles. The van der Waals surface area contributed by atoms with Crippen LogP contribution in [-0.2, 0) is 0 Å². The van der Waals surface area contributed by atoms with E-state index in [2.05, 4.69) is 27.8 Å². The summed E-state index contributed by atoms with van der Waals surface area (Å²) in [5, 5.41) is 14.1. The van der Waals surface area contributed by atoms with Gasteiger partial charge in [0.2, 0.25) is 0 Å². The van der Waals surface area contributed by atoms with Crippen molar-refractivity contribution in [1.29, 1.82) is 0 Å². The molecule has 130 valence electrons. The van der Waals surface area contributed by atoms with E-state index in [9.17, 15) is 0 Å². The second kappa shape index (κ2) is 6.25. The molecule has 1 fully saturated rings. The Morgan fingerprint density at radius 1 is 1.04 bits per heavy atom. The highest BCUT2D eigenvalue weighted by Crippen LogP contribution is 2.30. The summed E-state index contributed by atoms with van der Waals surface area (Å²) in [7, 11) is 0. The third kappa shape index (κ3) is 2.59. The van der Waals surface area contributed by atoms with Gasteiger partial charge < -0.3 is 5.32 Å². The molecule has 1 aliphatic rings. The van der Waals surface area contributed by atoms with Gasteiger partial charge in [-0.2, -0.15) is 4.52 Å². The van der Waals surface area contributed by atoms with Gasteiger partial charge in [-0.15, -0.1) is 5.10 Å². The largest absolute Gasteiger partial charge is 0.367 e. The van der Waals surface area contributed by atoms with Gasteiger partial charge in [-0.25, -0.2) is 4.98 Å². The number of aromatic nitrogens is 4. The van der Waals surface area contributed by atoms with Crippen LogP contribution in [0.25, 0.3) is 27.8 Å². The van der Waals surface area contributed by atoms with E-state index in [1.54, 1.807) is 0 Å². The van der Waals surface area contributed by atoms with Gasteiger partial charge in [-0.3, -0.25) is 0 Å². The molecule has 2 aromatic carbocycles. The Labute approximate surface area is 156 Å². The van der Waals surface area contributed by atoms with Crippen LogP contribution in [0.4, 0.5) is 5.82 Å². The van der Waals surface area contributed by atoms with Crippen LogP contribution in [0, 0.1) is 0 Å². The van der Waals surface area contributed by atoms with E-state index in [1.165, 1.54) is 25.7 Å². The molecule has 0 aliphatic heterocycles. The number of anilines is 1. The van der Waals surface area contributed by atoms with Gasteiger partial charge >= 0.3 is 0 Å². The molecule has 6 heteroatoms. The van der Waals surface area contributed by atoms with E-state index in [4.69, 9.17) is 16.6 Å². The second-order valence-corrected chi connectivity index (χ2v) is 7.22. The molecule has 0 radical (unpaired) electrons. The van der Waals surface area contributed by atoms with Gasteiger partial charge in [-0.1, -0.05) is 53.9 Å². The van der Waals surface area contributed by atoms with E-state index in [-0.39, 0.29) is 0 Å². The highest BCUT2D eigenvalue weighted by Gasteiger charge is 2.19. The third-order valence-electron chi connectivity index (χ3n) is 5.05. The lowest BCUT2D eigenvalue weighted by atomic mass is 10.1. The summed E-state index contributed by atoms with van der Waals surface area (Å²) in [6, 6.07) is 16.3. The molecule has 0 atom stereocenters. The molecule has 0 spiro atoms. The zero-order valence-corrected chi connectivity index (χ0v) is 14.9. The van der Waals surface area contributed by atoms with Crippen molar-refractivity contribution in [2.75, 3.05) is 5.32 Å². The van der Waals surface area contributed by atoms with Gasteiger partial charge in [0.1, 0.15) is 11.5 Å². The van der Waals surface area contributed by atoms with Crippen molar-refractivity contribution in [2.24, 2.45) is 0 Å². The highest BCUT2D eigenvalue weighted by molar-refractivity contribution is 6.30. The van der Waals surface area contributed by atoms with Gasteiger partial charge in [0.25, 0.3) is 0 Å². The summed E-state index contributed by atoms with van der Waals surface area (Å²) in [5.41, 5.74) is 3.40. The molecule has 2 aromatic heterocycles. The predicted molar refractivity (Wildman–Crippen MR) is 105 cm³/mol. The van der Waals surface area contributed by atoms with Crippen LogP contribution in [-0.4, -0.2) is 25.9 Å². The predicted octanol–water partition coefficient (Wildman–Crippen LogP) is 4.95. The molecule has 5 nitrogen and oxygen atoms in total. The fourth-order valence-electron chi connectivity index (χ4n) is 3.76. The van der Waals surface area contributed by atoms with Crippen molar-refractivity contribution in [1.82, 2.24) is 19.8 Å². The summed E-state index contributed by atoms with van der Waals surface area (Å²) in [5.74, 6) is 0.908. The number of halogens is 1. The lowest BCUT2D eigenvalue weighted by Gasteiger charge is -2.15. The summed E-state index contributed by atoms with van der Waals surface area (Å²) < 4.78 is 1.81. The van der Waals surface area contributed by atoms with Crippen LogP contribution >= 0.6 is 11.6 Å². The van der Waals surface area contributed by atoms with Crippen LogP contribution in [0.1, 0.15) is 25.7 Å². The van der Waals surface area contributed by atoms with Crippen molar-refractivity contribution in [3.63, 3.8) is 0 Å². The number of nitrogens with one attached hydrogen (secondary N) is 1. The summed E-state index contributed by atoms with van der Waals surface area (Å²) >= 11 is 6.16. The number of nitrogens with zero attached hydrogens (tertiary/aromatic N) is 4. The molecule has 0 bridgehead atoms. The highest BCUT2D eigenvalue weighted by atomic mass is 35.5. The molecule has 5 rings (SSSR count). The Bertz CT molecular complexity index is 1100. The molecule has 0 amide bonds. The maximum absolute atomic E-state index is 6.16. The minimum Gasteiger partial charge on any atom is -0.367 e. The normalized spacial score (nSPS) is 15.1. The maximum Gasteiger partial charge on any atom is 0.186 e. The molecule has 1 N–H and O–H groups in total. The Kier molecular flexibility index (Phi) is 3.75. The van der Waals surface area contributed by atoms with E-state index in [0.29, 0.717) is 11.1 Å². The fourth-order valence-corrected chi connectivity index (χ4v) is 3.95. The first-order valence-electron chi connectivity index (χ1n) is 8.96. The zero-order valence-electron chi connectivity index (χ0n) is 14.2. The number of hydrogen-bond donors (Lipinski definition) is 1. The second-order valence-electron chi connectivity index (χ2n) is 6.79. The standard InChI is InChI=1S/C20H18ClN5/c21-14-7-5-6-13(12-14)18-20-23-19(22-15-8-1-2-9-15)16-10-3-4-11-17(16)26(20)25-24-18/h3-7,10-12,15H,1-2,8-9H2,(H,22,23). The third-order valence-corrected chi connectivity index (χ3v) is 5.28. The average molecular weight is 364 g/mol. The van der Waals surface area contributed by atoms with Gasteiger partial charge in [0.15, 0.2) is 5.65 Å². The molecule has 0 unspecified atom stereocenters. The van der Waals surface area contributed by atoms with Crippen LogP contribution in [0.3, 0.4) is 0 Å². The number of hydrogen-bond acceptors (Lipinski definition) is 4. The van der Waals surface area contributed by atoms with E-state index < -0.39 is 0 Å². The molecule has 26 heavy (non-hydrogen) atoms. The van der Waals surface area contributed by atoms with Crippen molar-refractivity contribution < 1.29 is 0 Å². The minimum absolute atomic E-state index is 0.485. The summed E-state index contributed by atoms with van der Waals surface area (Å²) in [6.07, 6.45) is 4.94. The van der Waals surface area contributed by atoms with E-state index in [1.807, 2.05) is 40.9 Å². The first kappa shape index (κ1) is 15.6. The van der Waals surface area contributed by atoms with Crippen LogP contribution in [0.5, 0.6) is 0 Å². The molecule has 0 saturated heterocycles.